The predicted octanol–water partition coefficient (Wildman–Crippen LogP) is 2.01. The summed E-state index contributed by atoms with van der Waals surface area (Å²) in [5.41, 5.74) is 0.671. The maximum atomic E-state index is 13.2. The molecule has 0 atom stereocenters. The molecule has 12 heavy (non-hydrogen) atoms. The van der Waals surface area contributed by atoms with Crippen LogP contribution in [0.15, 0.2) is 12.1 Å². The van der Waals surface area contributed by atoms with Crippen LogP contribution in [0.25, 0.3) is 0 Å². The van der Waals surface area contributed by atoms with Gasteiger partial charge in [0.25, 0.3) is 0 Å². The van der Waals surface area contributed by atoms with Gasteiger partial charge < -0.3 is 4.74 Å². The number of ether oxygens (including phenoxy) is 1. The molecule has 3 heteroatoms. The lowest BCUT2D eigenvalue weighted by Gasteiger charge is -2.03. The topological polar surface area (TPSA) is 33.0 Å². The largest absolute Gasteiger partial charge is 0.494 e. The van der Waals surface area contributed by atoms with Crippen molar-refractivity contribution < 1.29 is 9.13 Å². The molecule has 1 rings (SSSR count). The van der Waals surface area contributed by atoms with Gasteiger partial charge in [0.05, 0.1) is 12.7 Å². The molecule has 0 aliphatic rings. The standard InChI is InChI=1S/C9H8FNO/c1-6-3-4-8(12-2)9(10)7(6)5-11/h3-4H,1-2H3. The smallest absolute Gasteiger partial charge is 0.183 e. The van der Waals surface area contributed by atoms with Crippen LogP contribution in [0.3, 0.4) is 0 Å². The van der Waals surface area contributed by atoms with Crippen molar-refractivity contribution in [1.82, 2.24) is 0 Å². The summed E-state index contributed by atoms with van der Waals surface area (Å²) in [6.07, 6.45) is 0. The summed E-state index contributed by atoms with van der Waals surface area (Å²) < 4.78 is 17.9. The van der Waals surface area contributed by atoms with Gasteiger partial charge in [-0.05, 0) is 18.6 Å². The van der Waals surface area contributed by atoms with Crippen molar-refractivity contribution in [1.29, 1.82) is 5.26 Å². The van der Waals surface area contributed by atoms with Gasteiger partial charge in [0.2, 0.25) is 0 Å². The third-order valence-electron chi connectivity index (χ3n) is 1.65. The highest BCUT2D eigenvalue weighted by Gasteiger charge is 2.10. The Morgan fingerprint density at radius 2 is 2.17 bits per heavy atom. The zero-order chi connectivity index (χ0) is 9.14. The normalized spacial score (nSPS) is 9.17. The molecular weight excluding hydrogens is 157 g/mol. The number of nitrogens with zero attached hydrogens (tertiary/aromatic N) is 1. The third kappa shape index (κ3) is 1.24. The minimum Gasteiger partial charge on any atom is -0.494 e. The fourth-order valence-electron chi connectivity index (χ4n) is 0.948. The average Bonchev–Trinajstić information content (AvgIpc) is 2.06. The lowest BCUT2D eigenvalue weighted by molar-refractivity contribution is 0.385. The van der Waals surface area contributed by atoms with Crippen molar-refractivity contribution in [2.75, 3.05) is 7.11 Å². The molecule has 0 aromatic heterocycles. The van der Waals surface area contributed by atoms with Crippen molar-refractivity contribution >= 4 is 0 Å². The molecule has 0 unspecified atom stereocenters. The van der Waals surface area contributed by atoms with Crippen LogP contribution in [-0.2, 0) is 0 Å². The Morgan fingerprint density at radius 3 is 2.67 bits per heavy atom. The molecule has 1 aromatic carbocycles. The van der Waals surface area contributed by atoms with Gasteiger partial charge in [0.1, 0.15) is 6.07 Å². The first-order chi connectivity index (χ1) is 5.70. The van der Waals surface area contributed by atoms with E-state index in [4.69, 9.17) is 10.00 Å². The van der Waals surface area contributed by atoms with E-state index in [0.29, 0.717) is 5.56 Å². The first-order valence-electron chi connectivity index (χ1n) is 3.44. The lowest BCUT2D eigenvalue weighted by Crippen LogP contribution is -1.93. The first kappa shape index (κ1) is 8.54. The minimum atomic E-state index is -0.583. The number of hydrogen-bond donors (Lipinski definition) is 0. The number of halogens is 1. The number of methoxy groups -OCH3 is 1. The average molecular weight is 165 g/mol. The molecule has 0 amide bonds. The Kier molecular flexibility index (Phi) is 2.29. The van der Waals surface area contributed by atoms with E-state index in [-0.39, 0.29) is 11.3 Å². The molecule has 0 saturated heterocycles. The summed E-state index contributed by atoms with van der Waals surface area (Å²) in [4.78, 5) is 0. The molecule has 0 N–H and O–H groups in total. The van der Waals surface area contributed by atoms with Crippen molar-refractivity contribution in [3.05, 3.63) is 29.1 Å². The minimum absolute atomic E-state index is 0.0503. The van der Waals surface area contributed by atoms with Crippen molar-refractivity contribution in [3.63, 3.8) is 0 Å². The van der Waals surface area contributed by atoms with E-state index in [1.165, 1.54) is 13.2 Å². The molecule has 62 valence electrons. The van der Waals surface area contributed by atoms with Crippen LogP contribution < -0.4 is 4.74 Å². The van der Waals surface area contributed by atoms with E-state index in [1.807, 2.05) is 0 Å². The second kappa shape index (κ2) is 3.22. The summed E-state index contributed by atoms with van der Waals surface area (Å²) in [7, 11) is 1.37. The van der Waals surface area contributed by atoms with E-state index in [9.17, 15) is 4.39 Å². The van der Waals surface area contributed by atoms with Gasteiger partial charge in [-0.2, -0.15) is 5.26 Å². The van der Waals surface area contributed by atoms with Gasteiger partial charge in [-0.1, -0.05) is 6.07 Å². The Labute approximate surface area is 70.2 Å². The maximum Gasteiger partial charge on any atom is 0.183 e. The van der Waals surface area contributed by atoms with Crippen LogP contribution in [0.5, 0.6) is 5.75 Å². The van der Waals surface area contributed by atoms with E-state index in [2.05, 4.69) is 0 Å². The molecule has 0 bridgehead atoms. The van der Waals surface area contributed by atoms with Crippen LogP contribution in [0.4, 0.5) is 4.39 Å². The molecule has 2 nitrogen and oxygen atoms in total. The highest BCUT2D eigenvalue weighted by atomic mass is 19.1. The lowest BCUT2D eigenvalue weighted by atomic mass is 10.1. The summed E-state index contributed by atoms with van der Waals surface area (Å²) >= 11 is 0. The van der Waals surface area contributed by atoms with Crippen molar-refractivity contribution in [2.45, 2.75) is 6.92 Å². The zero-order valence-electron chi connectivity index (χ0n) is 6.89. The van der Waals surface area contributed by atoms with E-state index in [1.54, 1.807) is 19.1 Å². The Balaban J connectivity index is 3.36. The fourth-order valence-corrected chi connectivity index (χ4v) is 0.948. The molecule has 0 aliphatic carbocycles. The first-order valence-corrected chi connectivity index (χ1v) is 3.44. The SMILES string of the molecule is COc1ccc(C)c(C#N)c1F. The number of hydrogen-bond acceptors (Lipinski definition) is 2. The highest BCUT2D eigenvalue weighted by Crippen LogP contribution is 2.22. The molecule has 0 heterocycles. The number of nitriles is 1. The van der Waals surface area contributed by atoms with E-state index < -0.39 is 5.82 Å². The van der Waals surface area contributed by atoms with E-state index >= 15 is 0 Å². The fraction of sp³-hybridized carbons (Fsp3) is 0.222. The van der Waals surface area contributed by atoms with Gasteiger partial charge in [-0.15, -0.1) is 0 Å². The molecule has 0 aliphatic heterocycles. The predicted molar refractivity (Wildman–Crippen MR) is 42.4 cm³/mol. The number of aryl methyl sites for hydroxylation is 1. The summed E-state index contributed by atoms with van der Waals surface area (Å²) in [5.74, 6) is -0.475. The summed E-state index contributed by atoms with van der Waals surface area (Å²) in [6.45, 7) is 1.68. The van der Waals surface area contributed by atoms with Crippen LogP contribution in [0.2, 0.25) is 0 Å². The maximum absolute atomic E-state index is 13.2. The third-order valence-corrected chi connectivity index (χ3v) is 1.65. The quantitative estimate of drug-likeness (QED) is 0.637. The molecular formula is C9H8FNO. The second-order valence-electron chi connectivity index (χ2n) is 2.39. The number of benzene rings is 1. The molecule has 0 radical (unpaired) electrons. The van der Waals surface area contributed by atoms with Gasteiger partial charge in [-0.25, -0.2) is 4.39 Å². The monoisotopic (exact) mass is 165 g/mol. The van der Waals surface area contributed by atoms with Gasteiger partial charge in [-0.3, -0.25) is 0 Å². The van der Waals surface area contributed by atoms with Gasteiger partial charge in [0.15, 0.2) is 11.6 Å². The van der Waals surface area contributed by atoms with Crippen molar-refractivity contribution in [3.8, 4) is 11.8 Å². The zero-order valence-corrected chi connectivity index (χ0v) is 6.89. The molecule has 1 aromatic rings. The highest BCUT2D eigenvalue weighted by molar-refractivity contribution is 5.44. The molecule has 0 fully saturated rings. The van der Waals surface area contributed by atoms with E-state index in [0.717, 1.165) is 0 Å². The van der Waals surface area contributed by atoms with Crippen LogP contribution >= 0.6 is 0 Å². The summed E-state index contributed by atoms with van der Waals surface area (Å²) in [6, 6.07) is 4.94. The Bertz CT molecular complexity index is 341. The summed E-state index contributed by atoms with van der Waals surface area (Å²) in [5, 5.41) is 8.57. The van der Waals surface area contributed by atoms with Crippen LogP contribution in [0, 0.1) is 24.1 Å². The molecule has 0 spiro atoms. The Hall–Kier alpha value is -1.56. The Morgan fingerprint density at radius 1 is 1.50 bits per heavy atom. The number of rotatable bonds is 1. The van der Waals surface area contributed by atoms with Crippen LogP contribution in [-0.4, -0.2) is 7.11 Å². The molecule has 0 saturated carbocycles. The second-order valence-corrected chi connectivity index (χ2v) is 2.39. The van der Waals surface area contributed by atoms with Gasteiger partial charge >= 0.3 is 0 Å². The van der Waals surface area contributed by atoms with Crippen molar-refractivity contribution in [2.24, 2.45) is 0 Å². The van der Waals surface area contributed by atoms with Crippen LogP contribution in [0.1, 0.15) is 11.1 Å². The van der Waals surface area contributed by atoms with Gasteiger partial charge in [0, 0.05) is 0 Å².